The summed E-state index contributed by atoms with van der Waals surface area (Å²) in [5.74, 6) is -1.79. The predicted molar refractivity (Wildman–Crippen MR) is 75.7 cm³/mol. The first kappa shape index (κ1) is 14.6. The number of nitrogens with zero attached hydrogens (tertiary/aromatic N) is 2. The number of carbonyl (C=O) groups is 2. The molecule has 3 N–H and O–H groups in total. The molecule has 0 atom stereocenters. The van der Waals surface area contributed by atoms with Crippen molar-refractivity contribution in [3.05, 3.63) is 40.7 Å². The third-order valence-corrected chi connectivity index (χ3v) is 3.23. The molecule has 1 aromatic carbocycles. The van der Waals surface area contributed by atoms with Crippen molar-refractivity contribution in [1.82, 2.24) is 9.78 Å². The minimum Gasteiger partial charge on any atom is -0.506 e. The summed E-state index contributed by atoms with van der Waals surface area (Å²) < 4.78 is 1.58. The lowest BCUT2D eigenvalue weighted by atomic mass is 10.1. The van der Waals surface area contributed by atoms with Crippen LogP contribution in [0.1, 0.15) is 32.1 Å². The van der Waals surface area contributed by atoms with Gasteiger partial charge in [-0.25, -0.2) is 4.79 Å². The van der Waals surface area contributed by atoms with E-state index >= 15 is 0 Å². The van der Waals surface area contributed by atoms with E-state index in [1.54, 1.807) is 25.6 Å². The number of anilines is 1. The molecular weight excluding hydrogens is 274 g/mol. The molecule has 0 aliphatic carbocycles. The smallest absolute Gasteiger partial charge is 0.335 e. The Morgan fingerprint density at radius 1 is 1.29 bits per heavy atom. The van der Waals surface area contributed by atoms with Gasteiger partial charge in [0.2, 0.25) is 0 Å². The topological polar surface area (TPSA) is 104 Å². The molecule has 2 rings (SSSR count). The van der Waals surface area contributed by atoms with Crippen LogP contribution in [-0.2, 0) is 7.05 Å². The van der Waals surface area contributed by atoms with Crippen molar-refractivity contribution in [2.75, 3.05) is 5.32 Å². The van der Waals surface area contributed by atoms with E-state index in [2.05, 4.69) is 10.4 Å². The first-order chi connectivity index (χ1) is 9.81. The van der Waals surface area contributed by atoms with E-state index < -0.39 is 11.9 Å². The number of nitrogens with one attached hydrogen (secondary N) is 1. The minimum absolute atomic E-state index is 0.0252. The minimum atomic E-state index is -1.14. The second-order valence-electron chi connectivity index (χ2n) is 4.66. The van der Waals surface area contributed by atoms with Gasteiger partial charge in [-0.05, 0) is 32.0 Å². The van der Waals surface area contributed by atoms with Gasteiger partial charge in [0.25, 0.3) is 5.91 Å². The van der Waals surface area contributed by atoms with Gasteiger partial charge in [0.15, 0.2) is 0 Å². The number of phenolic OH excluding ortho intramolecular Hbond substituents is 1. The van der Waals surface area contributed by atoms with Crippen LogP contribution in [0.25, 0.3) is 0 Å². The molecule has 1 aromatic heterocycles. The molecule has 2 aromatic rings. The van der Waals surface area contributed by atoms with Crippen LogP contribution in [0.15, 0.2) is 18.2 Å². The maximum absolute atomic E-state index is 12.3. The van der Waals surface area contributed by atoms with Crippen molar-refractivity contribution in [2.24, 2.45) is 7.05 Å². The largest absolute Gasteiger partial charge is 0.506 e. The number of hydrogen-bond donors (Lipinski definition) is 3. The van der Waals surface area contributed by atoms with Crippen LogP contribution < -0.4 is 5.32 Å². The molecule has 0 saturated carbocycles. The number of benzene rings is 1. The van der Waals surface area contributed by atoms with Crippen LogP contribution in [0, 0.1) is 13.8 Å². The Bertz CT molecular complexity index is 734. The van der Waals surface area contributed by atoms with E-state index in [-0.39, 0.29) is 17.0 Å². The van der Waals surface area contributed by atoms with Gasteiger partial charge in [-0.3, -0.25) is 9.48 Å². The summed E-state index contributed by atoms with van der Waals surface area (Å²) in [5.41, 5.74) is 1.66. The highest BCUT2D eigenvalue weighted by molar-refractivity contribution is 6.07. The fraction of sp³-hybridized carbons (Fsp3) is 0.214. The summed E-state index contributed by atoms with van der Waals surface area (Å²) in [6, 6.07) is 3.69. The van der Waals surface area contributed by atoms with E-state index in [0.29, 0.717) is 17.0 Å². The molecule has 1 amide bonds. The van der Waals surface area contributed by atoms with Crippen LogP contribution in [0.2, 0.25) is 0 Å². The van der Waals surface area contributed by atoms with Crippen LogP contribution in [0.5, 0.6) is 5.75 Å². The fourth-order valence-electron chi connectivity index (χ4n) is 2.06. The molecule has 7 heteroatoms. The molecule has 110 valence electrons. The summed E-state index contributed by atoms with van der Waals surface area (Å²) in [6.45, 7) is 3.46. The standard InChI is InChI=1S/C14H15N3O4/c1-7-12(8(2)17(3)16-7)13(19)15-10-6-9(14(20)21)4-5-11(10)18/h4-6,18H,1-3H3,(H,15,19)(H,20,21). The van der Waals surface area contributed by atoms with Gasteiger partial charge in [0.1, 0.15) is 5.75 Å². The molecular formula is C14H15N3O4. The number of aromatic hydroxyl groups is 1. The Kier molecular flexibility index (Phi) is 3.66. The zero-order valence-electron chi connectivity index (χ0n) is 11.8. The molecule has 0 bridgehead atoms. The van der Waals surface area contributed by atoms with Gasteiger partial charge >= 0.3 is 5.97 Å². The lowest BCUT2D eigenvalue weighted by Crippen LogP contribution is -2.14. The van der Waals surface area contributed by atoms with E-state index in [0.717, 1.165) is 0 Å². The van der Waals surface area contributed by atoms with Crippen molar-refractivity contribution in [1.29, 1.82) is 0 Å². The zero-order chi connectivity index (χ0) is 15.7. The molecule has 0 aliphatic heterocycles. The van der Waals surface area contributed by atoms with E-state index in [1.807, 2.05) is 0 Å². The number of phenols is 1. The van der Waals surface area contributed by atoms with Crippen molar-refractivity contribution < 1.29 is 19.8 Å². The Morgan fingerprint density at radius 3 is 2.48 bits per heavy atom. The monoisotopic (exact) mass is 289 g/mol. The number of rotatable bonds is 3. The number of carbonyl (C=O) groups excluding carboxylic acids is 1. The van der Waals surface area contributed by atoms with Gasteiger partial charge in [0.05, 0.1) is 22.5 Å². The maximum Gasteiger partial charge on any atom is 0.335 e. The number of aromatic nitrogens is 2. The summed E-state index contributed by atoms with van der Waals surface area (Å²) in [4.78, 5) is 23.2. The normalized spacial score (nSPS) is 10.4. The molecule has 0 spiro atoms. The van der Waals surface area contributed by atoms with Gasteiger partial charge in [0, 0.05) is 12.7 Å². The number of amides is 1. The van der Waals surface area contributed by atoms with Gasteiger partial charge in [-0.15, -0.1) is 0 Å². The summed E-state index contributed by atoms with van der Waals surface area (Å²) in [7, 11) is 1.72. The van der Waals surface area contributed by atoms with Crippen molar-refractivity contribution in [2.45, 2.75) is 13.8 Å². The van der Waals surface area contributed by atoms with Crippen LogP contribution >= 0.6 is 0 Å². The Labute approximate surface area is 120 Å². The van der Waals surface area contributed by atoms with Crippen LogP contribution in [0.4, 0.5) is 5.69 Å². The van der Waals surface area contributed by atoms with Crippen molar-refractivity contribution in [3.63, 3.8) is 0 Å². The second kappa shape index (κ2) is 5.28. The highest BCUT2D eigenvalue weighted by Gasteiger charge is 2.19. The van der Waals surface area contributed by atoms with Crippen LogP contribution in [0.3, 0.4) is 0 Å². The number of carboxylic acids is 1. The summed E-state index contributed by atoms with van der Waals surface area (Å²) in [5, 5.41) is 25.3. The third kappa shape index (κ3) is 2.71. The van der Waals surface area contributed by atoms with Gasteiger partial charge in [-0.2, -0.15) is 5.10 Å². The van der Waals surface area contributed by atoms with Crippen LogP contribution in [-0.4, -0.2) is 31.9 Å². The van der Waals surface area contributed by atoms with Gasteiger partial charge in [-0.1, -0.05) is 0 Å². The molecule has 0 radical (unpaired) electrons. The van der Waals surface area contributed by atoms with Crippen molar-refractivity contribution in [3.8, 4) is 5.75 Å². The zero-order valence-corrected chi connectivity index (χ0v) is 11.8. The average Bonchev–Trinajstić information content (AvgIpc) is 2.65. The molecule has 0 unspecified atom stereocenters. The Morgan fingerprint density at radius 2 is 1.95 bits per heavy atom. The van der Waals surface area contributed by atoms with Crippen molar-refractivity contribution >= 4 is 17.6 Å². The van der Waals surface area contributed by atoms with E-state index in [9.17, 15) is 14.7 Å². The third-order valence-electron chi connectivity index (χ3n) is 3.23. The number of hydrogen-bond acceptors (Lipinski definition) is 4. The highest BCUT2D eigenvalue weighted by Crippen LogP contribution is 2.25. The highest BCUT2D eigenvalue weighted by atomic mass is 16.4. The van der Waals surface area contributed by atoms with E-state index in [4.69, 9.17) is 5.11 Å². The first-order valence-electron chi connectivity index (χ1n) is 6.19. The Balaban J connectivity index is 2.35. The molecule has 0 fully saturated rings. The number of carboxylic acid groups (broad SMARTS) is 1. The lowest BCUT2D eigenvalue weighted by Gasteiger charge is -2.08. The molecule has 0 saturated heterocycles. The Hall–Kier alpha value is -2.83. The SMILES string of the molecule is Cc1nn(C)c(C)c1C(=O)Nc1cc(C(=O)O)ccc1O. The molecule has 21 heavy (non-hydrogen) atoms. The number of aryl methyl sites for hydroxylation is 2. The number of aromatic carboxylic acids is 1. The molecule has 0 aliphatic rings. The van der Waals surface area contributed by atoms with Gasteiger partial charge < -0.3 is 15.5 Å². The second-order valence-corrected chi connectivity index (χ2v) is 4.66. The average molecular weight is 289 g/mol. The lowest BCUT2D eigenvalue weighted by molar-refractivity contribution is 0.0696. The maximum atomic E-state index is 12.3. The molecule has 7 nitrogen and oxygen atoms in total. The molecule has 1 heterocycles. The quantitative estimate of drug-likeness (QED) is 0.746. The summed E-state index contributed by atoms with van der Waals surface area (Å²) in [6.07, 6.45) is 0. The fourth-order valence-corrected chi connectivity index (χ4v) is 2.06. The summed E-state index contributed by atoms with van der Waals surface area (Å²) >= 11 is 0. The van der Waals surface area contributed by atoms with E-state index in [1.165, 1.54) is 18.2 Å². The predicted octanol–water partition coefficient (Wildman–Crippen LogP) is 1.69. The first-order valence-corrected chi connectivity index (χ1v) is 6.19.